The summed E-state index contributed by atoms with van der Waals surface area (Å²) in [5.41, 5.74) is 3.25. The number of amides is 1. The number of aliphatic hydroxyl groups excluding tert-OH is 1. The Bertz CT molecular complexity index is 1030. The highest BCUT2D eigenvalue weighted by Gasteiger charge is 2.28. The smallest absolute Gasteiger partial charge is 0.257 e. The number of benzene rings is 2. The number of hydrogen-bond acceptors (Lipinski definition) is 6. The monoisotopic (exact) mass is 551 g/mol. The maximum Gasteiger partial charge on any atom is 0.257 e. The van der Waals surface area contributed by atoms with Crippen LogP contribution in [0, 0.1) is 0 Å². The molecule has 1 atom stereocenters. The zero-order chi connectivity index (χ0) is 24.2. The van der Waals surface area contributed by atoms with Crippen LogP contribution < -0.4 is 14.8 Å². The third kappa shape index (κ3) is 7.30. The summed E-state index contributed by atoms with van der Waals surface area (Å²) >= 11 is 0. The molecule has 7 nitrogen and oxygen atoms in total. The summed E-state index contributed by atoms with van der Waals surface area (Å²) in [6, 6.07) is 14.6. The van der Waals surface area contributed by atoms with Crippen LogP contribution in [0.25, 0.3) is 0 Å². The van der Waals surface area contributed by atoms with Crippen LogP contribution in [0.1, 0.15) is 47.2 Å². The quantitative estimate of drug-likeness (QED) is 0.546. The second-order valence-corrected chi connectivity index (χ2v) is 10.0. The van der Waals surface area contributed by atoms with Crippen LogP contribution >= 0.6 is 24.8 Å². The molecule has 2 N–H and O–H groups in total. The van der Waals surface area contributed by atoms with Crippen molar-refractivity contribution in [3.05, 3.63) is 59.2 Å². The lowest BCUT2D eigenvalue weighted by atomic mass is 9.93. The molecule has 3 aliphatic rings. The number of fused-ring (bicyclic) bond motifs is 2. The molecule has 0 aromatic heterocycles. The average Bonchev–Trinajstić information content (AvgIpc) is 3.02. The van der Waals surface area contributed by atoms with Gasteiger partial charge in [-0.25, -0.2) is 0 Å². The molecular formula is C28H39Cl2N3O4. The molecule has 0 spiro atoms. The second-order valence-electron chi connectivity index (χ2n) is 10.0. The van der Waals surface area contributed by atoms with E-state index in [0.717, 1.165) is 50.9 Å². The zero-order valence-electron chi connectivity index (χ0n) is 21.4. The Balaban J connectivity index is 0.00000190. The van der Waals surface area contributed by atoms with Crippen molar-refractivity contribution in [1.29, 1.82) is 0 Å². The Labute approximate surface area is 232 Å². The normalized spacial score (nSPS) is 22.3. The summed E-state index contributed by atoms with van der Waals surface area (Å²) in [5, 5.41) is 14.2. The van der Waals surface area contributed by atoms with Crippen molar-refractivity contribution in [2.24, 2.45) is 0 Å². The molecule has 9 heteroatoms. The van der Waals surface area contributed by atoms with Crippen molar-refractivity contribution in [3.8, 4) is 11.5 Å². The van der Waals surface area contributed by atoms with E-state index < -0.39 is 6.10 Å². The maximum atomic E-state index is 13.3. The molecule has 2 heterocycles. The predicted molar refractivity (Wildman–Crippen MR) is 149 cm³/mol. The molecule has 5 rings (SSSR count). The average molecular weight is 553 g/mol. The Hall–Kier alpha value is -2.03. The molecule has 1 amide bonds. The summed E-state index contributed by atoms with van der Waals surface area (Å²) in [6.45, 7) is 3.47. The molecule has 2 aromatic rings. The lowest BCUT2D eigenvalue weighted by Gasteiger charge is -2.32. The first-order valence-corrected chi connectivity index (χ1v) is 13.0. The molecule has 204 valence electrons. The van der Waals surface area contributed by atoms with E-state index in [1.165, 1.54) is 11.1 Å². The first kappa shape index (κ1) is 29.5. The van der Waals surface area contributed by atoms with E-state index in [2.05, 4.69) is 34.5 Å². The third-order valence-corrected chi connectivity index (χ3v) is 7.58. The molecule has 2 aromatic carbocycles. The van der Waals surface area contributed by atoms with E-state index in [1.807, 2.05) is 19.2 Å². The van der Waals surface area contributed by atoms with E-state index in [-0.39, 0.29) is 36.8 Å². The topological polar surface area (TPSA) is 74.3 Å². The summed E-state index contributed by atoms with van der Waals surface area (Å²) < 4.78 is 12.2. The third-order valence-electron chi connectivity index (χ3n) is 7.58. The van der Waals surface area contributed by atoms with Crippen molar-refractivity contribution in [2.45, 2.75) is 56.9 Å². The van der Waals surface area contributed by atoms with Gasteiger partial charge in [-0.05, 0) is 62.4 Å². The zero-order valence-corrected chi connectivity index (χ0v) is 23.1. The van der Waals surface area contributed by atoms with Crippen LogP contribution in [-0.2, 0) is 13.0 Å². The number of rotatable bonds is 7. The number of halogens is 2. The Morgan fingerprint density at radius 1 is 1.05 bits per heavy atom. The maximum absolute atomic E-state index is 13.3. The van der Waals surface area contributed by atoms with E-state index >= 15 is 0 Å². The van der Waals surface area contributed by atoms with Crippen molar-refractivity contribution in [3.63, 3.8) is 0 Å². The largest absolute Gasteiger partial charge is 0.491 e. The van der Waals surface area contributed by atoms with Gasteiger partial charge in [0.1, 0.15) is 18.1 Å². The molecule has 0 unspecified atom stereocenters. The summed E-state index contributed by atoms with van der Waals surface area (Å²) in [5.74, 6) is 1.23. The Kier molecular flexibility index (Phi) is 10.9. The number of nitrogens with zero attached hydrogens (tertiary/aromatic N) is 2. The highest BCUT2D eigenvalue weighted by atomic mass is 35.5. The molecule has 1 fully saturated rings. The van der Waals surface area contributed by atoms with E-state index in [9.17, 15) is 9.90 Å². The van der Waals surface area contributed by atoms with Gasteiger partial charge >= 0.3 is 0 Å². The minimum atomic E-state index is -0.610. The minimum Gasteiger partial charge on any atom is -0.491 e. The minimum absolute atomic E-state index is 0. The van der Waals surface area contributed by atoms with Crippen molar-refractivity contribution >= 4 is 30.7 Å². The van der Waals surface area contributed by atoms with Crippen molar-refractivity contribution < 1.29 is 19.4 Å². The van der Waals surface area contributed by atoms with Crippen LogP contribution in [0.4, 0.5) is 0 Å². The number of carbonyl (C=O) groups excluding carboxylic acids is 1. The Morgan fingerprint density at radius 2 is 1.81 bits per heavy atom. The fourth-order valence-corrected chi connectivity index (χ4v) is 5.57. The number of aliphatic hydroxyl groups is 1. The van der Waals surface area contributed by atoms with Gasteiger partial charge in [0.2, 0.25) is 0 Å². The number of ether oxygens (including phenoxy) is 2. The van der Waals surface area contributed by atoms with Crippen molar-refractivity contribution in [1.82, 2.24) is 15.1 Å². The fourth-order valence-electron chi connectivity index (χ4n) is 5.57. The van der Waals surface area contributed by atoms with E-state index in [4.69, 9.17) is 9.47 Å². The number of nitrogens with one attached hydrogen (secondary N) is 1. The molecule has 0 radical (unpaired) electrons. The van der Waals surface area contributed by atoms with Gasteiger partial charge in [0.15, 0.2) is 0 Å². The highest BCUT2D eigenvalue weighted by Crippen LogP contribution is 2.31. The van der Waals surface area contributed by atoms with Gasteiger partial charge in [-0.3, -0.25) is 9.69 Å². The number of β-amino-alcohol motifs (C(OH)–C–C–N with tert-alkyl or cyclic N) is 1. The molecule has 2 aliphatic heterocycles. The van der Waals surface area contributed by atoms with Crippen LogP contribution in [-0.4, -0.2) is 78.9 Å². The second kappa shape index (κ2) is 13.7. The van der Waals surface area contributed by atoms with Crippen LogP contribution in [0.3, 0.4) is 0 Å². The predicted octanol–water partition coefficient (Wildman–Crippen LogP) is 3.69. The summed E-state index contributed by atoms with van der Waals surface area (Å²) in [4.78, 5) is 17.3. The van der Waals surface area contributed by atoms with Gasteiger partial charge in [0.25, 0.3) is 5.91 Å². The van der Waals surface area contributed by atoms with Gasteiger partial charge in [0.05, 0.1) is 24.3 Å². The Morgan fingerprint density at radius 3 is 2.57 bits per heavy atom. The molecule has 37 heavy (non-hydrogen) atoms. The molecule has 0 bridgehead atoms. The SMILES string of the molecule is CNC1CCC(Oc2ccc3c(c2)OCCN(C[C@H](O)CN2CCc4ccccc4C2)C3=O)CC1.Cl.Cl. The summed E-state index contributed by atoms with van der Waals surface area (Å²) in [6.07, 6.45) is 4.86. The number of hydrogen-bond donors (Lipinski definition) is 2. The standard InChI is InChI=1S/C28H37N3O4.2ClH/c1-29-22-6-8-24(9-7-22)35-25-10-11-26-27(16-25)34-15-14-31(28(26)33)19-23(32)18-30-13-12-20-4-2-3-5-21(20)17-30;;/h2-5,10-11,16,22-24,29,32H,6-9,12-15,17-19H2,1H3;2*1H/t22?,23-,24?;;/m1../s1. The van der Waals surface area contributed by atoms with Crippen molar-refractivity contribution in [2.75, 3.05) is 39.8 Å². The van der Waals surface area contributed by atoms with Gasteiger partial charge in [0, 0.05) is 38.3 Å². The van der Waals surface area contributed by atoms with Gasteiger partial charge in [-0.15, -0.1) is 24.8 Å². The molecular weight excluding hydrogens is 513 g/mol. The van der Waals surface area contributed by atoms with E-state index in [1.54, 1.807) is 11.0 Å². The first-order valence-electron chi connectivity index (χ1n) is 13.0. The number of carbonyl (C=O) groups is 1. The molecule has 1 aliphatic carbocycles. The van der Waals surface area contributed by atoms with E-state index in [0.29, 0.717) is 43.6 Å². The lowest BCUT2D eigenvalue weighted by molar-refractivity contribution is 0.0501. The fraction of sp³-hybridized carbons (Fsp3) is 0.536. The first-order chi connectivity index (χ1) is 17.1. The van der Waals surface area contributed by atoms with Gasteiger partial charge in [-0.2, -0.15) is 0 Å². The molecule has 1 saturated carbocycles. The van der Waals surface area contributed by atoms with Crippen LogP contribution in [0.2, 0.25) is 0 Å². The molecule has 0 saturated heterocycles. The lowest BCUT2D eigenvalue weighted by Crippen LogP contribution is -2.44. The summed E-state index contributed by atoms with van der Waals surface area (Å²) in [7, 11) is 2.02. The van der Waals surface area contributed by atoms with Gasteiger partial charge < -0.3 is 24.8 Å². The van der Waals surface area contributed by atoms with Crippen LogP contribution in [0.5, 0.6) is 11.5 Å². The van der Waals surface area contributed by atoms with Gasteiger partial charge in [-0.1, -0.05) is 24.3 Å². The highest BCUT2D eigenvalue weighted by molar-refractivity contribution is 5.97. The van der Waals surface area contributed by atoms with Crippen LogP contribution in [0.15, 0.2) is 42.5 Å².